The van der Waals surface area contributed by atoms with Crippen LogP contribution < -0.4 is 11.1 Å². The highest BCUT2D eigenvalue weighted by molar-refractivity contribution is 5.95. The molecule has 0 aliphatic heterocycles. The van der Waals surface area contributed by atoms with Crippen LogP contribution in [-0.4, -0.2) is 17.1 Å². The first kappa shape index (κ1) is 11.9. The van der Waals surface area contributed by atoms with E-state index in [4.69, 9.17) is 10.8 Å². The Hall–Kier alpha value is -1.55. The molecule has 4 N–H and O–H groups in total. The maximum atomic E-state index is 12.2. The van der Waals surface area contributed by atoms with E-state index in [0.29, 0.717) is 5.69 Å². The van der Waals surface area contributed by atoms with Gasteiger partial charge in [0, 0.05) is 11.7 Å². The van der Waals surface area contributed by atoms with Crippen molar-refractivity contribution in [3.05, 3.63) is 24.3 Å². The summed E-state index contributed by atoms with van der Waals surface area (Å²) in [4.78, 5) is 12.2. The van der Waals surface area contributed by atoms with Gasteiger partial charge in [0.15, 0.2) is 0 Å². The molecule has 0 heterocycles. The molecule has 2 rings (SSSR count). The molecular weight excluding hydrogens is 216 g/mol. The first-order valence-electron chi connectivity index (χ1n) is 5.88. The molecule has 2 atom stereocenters. The number of phenols is 1. The van der Waals surface area contributed by atoms with Gasteiger partial charge in [-0.15, -0.1) is 0 Å². The molecule has 0 radical (unpaired) electrons. The van der Waals surface area contributed by atoms with Gasteiger partial charge in [-0.3, -0.25) is 4.79 Å². The minimum Gasteiger partial charge on any atom is -0.508 e. The average Bonchev–Trinajstić information content (AvgIpc) is 2.64. The van der Waals surface area contributed by atoms with Gasteiger partial charge in [-0.25, -0.2) is 0 Å². The molecule has 0 saturated heterocycles. The highest BCUT2D eigenvalue weighted by atomic mass is 16.3. The van der Waals surface area contributed by atoms with E-state index in [-0.39, 0.29) is 17.7 Å². The summed E-state index contributed by atoms with van der Waals surface area (Å²) in [7, 11) is 0. The van der Waals surface area contributed by atoms with Crippen molar-refractivity contribution in [1.82, 2.24) is 0 Å². The first-order valence-corrected chi connectivity index (χ1v) is 5.88. The summed E-state index contributed by atoms with van der Waals surface area (Å²) in [6.45, 7) is 1.92. The van der Waals surface area contributed by atoms with Gasteiger partial charge in [0.1, 0.15) is 5.75 Å². The van der Waals surface area contributed by atoms with Crippen LogP contribution >= 0.6 is 0 Å². The van der Waals surface area contributed by atoms with Crippen LogP contribution in [0.15, 0.2) is 24.3 Å². The Morgan fingerprint density at radius 2 is 2.12 bits per heavy atom. The van der Waals surface area contributed by atoms with E-state index in [1.807, 2.05) is 6.92 Å². The molecule has 1 saturated carbocycles. The van der Waals surface area contributed by atoms with E-state index in [2.05, 4.69) is 5.32 Å². The standard InChI is InChI=1S/C13H18N2O2/c1-13(8-2-3-11(13)14)12(17)15-9-4-6-10(16)7-5-9/h4-7,11,16H,2-3,8,14H2,1H3,(H,15,17). The summed E-state index contributed by atoms with van der Waals surface area (Å²) in [6, 6.07) is 6.38. The zero-order chi connectivity index (χ0) is 12.5. The predicted molar refractivity (Wildman–Crippen MR) is 66.7 cm³/mol. The molecule has 17 heavy (non-hydrogen) atoms. The molecule has 1 aliphatic rings. The number of benzene rings is 1. The van der Waals surface area contributed by atoms with Crippen LogP contribution in [0.5, 0.6) is 5.75 Å². The second kappa shape index (κ2) is 4.37. The monoisotopic (exact) mass is 234 g/mol. The maximum absolute atomic E-state index is 12.2. The van der Waals surface area contributed by atoms with E-state index in [1.54, 1.807) is 24.3 Å². The molecule has 1 aromatic rings. The summed E-state index contributed by atoms with van der Waals surface area (Å²) >= 11 is 0. The topological polar surface area (TPSA) is 75.3 Å². The van der Waals surface area contributed by atoms with Crippen molar-refractivity contribution in [2.45, 2.75) is 32.2 Å². The minimum atomic E-state index is -0.474. The third-order valence-electron chi connectivity index (χ3n) is 3.67. The van der Waals surface area contributed by atoms with Crippen molar-refractivity contribution in [3.63, 3.8) is 0 Å². The van der Waals surface area contributed by atoms with Gasteiger partial charge in [-0.1, -0.05) is 6.42 Å². The zero-order valence-corrected chi connectivity index (χ0v) is 9.94. The zero-order valence-electron chi connectivity index (χ0n) is 9.94. The number of carbonyl (C=O) groups excluding carboxylic acids is 1. The number of hydrogen-bond acceptors (Lipinski definition) is 3. The van der Waals surface area contributed by atoms with Gasteiger partial charge in [0.2, 0.25) is 5.91 Å². The Labute approximate surface area is 101 Å². The lowest BCUT2D eigenvalue weighted by Crippen LogP contribution is -2.44. The number of carbonyl (C=O) groups is 1. The van der Waals surface area contributed by atoms with E-state index in [1.165, 1.54) is 0 Å². The summed E-state index contributed by atoms with van der Waals surface area (Å²) in [5.41, 5.74) is 6.20. The van der Waals surface area contributed by atoms with Gasteiger partial charge >= 0.3 is 0 Å². The van der Waals surface area contributed by atoms with Gasteiger partial charge in [0.25, 0.3) is 0 Å². The lowest BCUT2D eigenvalue weighted by Gasteiger charge is -2.27. The summed E-state index contributed by atoms with van der Waals surface area (Å²) in [5, 5.41) is 12.0. The lowest BCUT2D eigenvalue weighted by molar-refractivity contribution is -0.125. The largest absolute Gasteiger partial charge is 0.508 e. The van der Waals surface area contributed by atoms with Gasteiger partial charge in [-0.2, -0.15) is 0 Å². The van der Waals surface area contributed by atoms with Crippen LogP contribution in [0.3, 0.4) is 0 Å². The van der Waals surface area contributed by atoms with Crippen LogP contribution in [0.25, 0.3) is 0 Å². The van der Waals surface area contributed by atoms with Crippen LogP contribution in [0, 0.1) is 5.41 Å². The van der Waals surface area contributed by atoms with Crippen LogP contribution in [0.1, 0.15) is 26.2 Å². The quantitative estimate of drug-likeness (QED) is 0.683. The number of hydrogen-bond donors (Lipinski definition) is 3. The van der Waals surface area contributed by atoms with E-state index in [0.717, 1.165) is 19.3 Å². The molecular formula is C13H18N2O2. The van der Waals surface area contributed by atoms with Gasteiger partial charge in [-0.05, 0) is 44.0 Å². The normalized spacial score (nSPS) is 28.0. The van der Waals surface area contributed by atoms with Gasteiger partial charge < -0.3 is 16.2 Å². The predicted octanol–water partition coefficient (Wildman–Crippen LogP) is 1.85. The van der Waals surface area contributed by atoms with E-state index in [9.17, 15) is 4.79 Å². The van der Waals surface area contributed by atoms with Crippen molar-refractivity contribution in [1.29, 1.82) is 0 Å². The molecule has 0 bridgehead atoms. The number of phenolic OH excluding ortho intramolecular Hbond substituents is 1. The molecule has 4 nitrogen and oxygen atoms in total. The highest BCUT2D eigenvalue weighted by Crippen LogP contribution is 2.37. The molecule has 0 aromatic heterocycles. The Bertz CT molecular complexity index is 416. The smallest absolute Gasteiger partial charge is 0.231 e. The van der Waals surface area contributed by atoms with Crippen LogP contribution in [0.2, 0.25) is 0 Å². The minimum absolute atomic E-state index is 0.0341. The first-order chi connectivity index (χ1) is 8.02. The number of nitrogens with one attached hydrogen (secondary N) is 1. The lowest BCUT2D eigenvalue weighted by atomic mass is 9.84. The highest BCUT2D eigenvalue weighted by Gasteiger charge is 2.42. The summed E-state index contributed by atoms with van der Waals surface area (Å²) in [5.74, 6) is 0.153. The SMILES string of the molecule is CC1(C(=O)Nc2ccc(O)cc2)CCCC1N. The van der Waals surface area contributed by atoms with Crippen molar-refractivity contribution in [2.75, 3.05) is 5.32 Å². The fourth-order valence-corrected chi connectivity index (χ4v) is 2.29. The van der Waals surface area contributed by atoms with Crippen molar-refractivity contribution in [3.8, 4) is 5.75 Å². The summed E-state index contributed by atoms with van der Waals surface area (Å²) < 4.78 is 0. The Morgan fingerprint density at radius 3 is 2.65 bits per heavy atom. The number of rotatable bonds is 2. The number of amides is 1. The Balaban J connectivity index is 2.09. The van der Waals surface area contributed by atoms with E-state index >= 15 is 0 Å². The third kappa shape index (κ3) is 2.26. The molecule has 1 amide bonds. The summed E-state index contributed by atoms with van der Waals surface area (Å²) in [6.07, 6.45) is 2.73. The third-order valence-corrected chi connectivity index (χ3v) is 3.67. The Kier molecular flexibility index (Phi) is 3.07. The van der Waals surface area contributed by atoms with Crippen LogP contribution in [-0.2, 0) is 4.79 Å². The van der Waals surface area contributed by atoms with Crippen molar-refractivity contribution in [2.24, 2.45) is 11.1 Å². The van der Waals surface area contributed by atoms with Crippen molar-refractivity contribution >= 4 is 11.6 Å². The molecule has 92 valence electrons. The molecule has 2 unspecified atom stereocenters. The second-order valence-corrected chi connectivity index (χ2v) is 4.92. The average molecular weight is 234 g/mol. The molecule has 0 spiro atoms. The van der Waals surface area contributed by atoms with Crippen molar-refractivity contribution < 1.29 is 9.90 Å². The molecule has 1 fully saturated rings. The molecule has 4 heteroatoms. The maximum Gasteiger partial charge on any atom is 0.231 e. The van der Waals surface area contributed by atoms with Gasteiger partial charge in [0.05, 0.1) is 5.41 Å². The molecule has 1 aliphatic carbocycles. The molecule has 1 aromatic carbocycles. The fourth-order valence-electron chi connectivity index (χ4n) is 2.29. The second-order valence-electron chi connectivity index (χ2n) is 4.92. The van der Waals surface area contributed by atoms with Crippen LogP contribution in [0.4, 0.5) is 5.69 Å². The number of anilines is 1. The fraction of sp³-hybridized carbons (Fsp3) is 0.462. The van der Waals surface area contributed by atoms with E-state index < -0.39 is 5.41 Å². The Morgan fingerprint density at radius 1 is 1.47 bits per heavy atom. The number of aromatic hydroxyl groups is 1. The number of nitrogens with two attached hydrogens (primary N) is 1.